The molecule has 0 spiro atoms. The van der Waals surface area contributed by atoms with Gasteiger partial charge in [0.2, 0.25) is 11.8 Å². The Hall–Kier alpha value is -2.56. The van der Waals surface area contributed by atoms with Crippen LogP contribution in [0.4, 0.5) is 5.69 Å². The first-order chi connectivity index (χ1) is 9.33. The molecule has 5 nitrogen and oxygen atoms in total. The van der Waals surface area contributed by atoms with Gasteiger partial charge < -0.3 is 14.7 Å². The topological polar surface area (TPSA) is 66.7 Å². The second-order valence-corrected chi connectivity index (χ2v) is 4.22. The minimum Gasteiger partial charge on any atom is -0.421 e. The summed E-state index contributed by atoms with van der Waals surface area (Å²) in [7, 11) is 0. The van der Waals surface area contributed by atoms with Crippen LogP contribution in [-0.4, -0.2) is 15.2 Å². The molecule has 2 N–H and O–H groups in total. The number of para-hydroxylation sites is 1. The summed E-state index contributed by atoms with van der Waals surface area (Å²) in [6, 6.07) is 11.9. The van der Waals surface area contributed by atoms with Crippen molar-refractivity contribution in [2.24, 2.45) is 0 Å². The van der Waals surface area contributed by atoms with Crippen LogP contribution >= 0.6 is 0 Å². The Balaban J connectivity index is 1.85. The quantitative estimate of drug-likeness (QED) is 0.751. The van der Waals surface area contributed by atoms with E-state index in [1.165, 1.54) is 0 Å². The maximum absolute atomic E-state index is 5.48. The van der Waals surface area contributed by atoms with Crippen LogP contribution < -0.4 is 5.32 Å². The van der Waals surface area contributed by atoms with E-state index in [2.05, 4.69) is 20.5 Å². The number of hydrogen-bond acceptors (Lipinski definition) is 4. The largest absolute Gasteiger partial charge is 0.421 e. The van der Waals surface area contributed by atoms with E-state index < -0.39 is 0 Å². The Kier molecular flexibility index (Phi) is 3.02. The summed E-state index contributed by atoms with van der Waals surface area (Å²) in [5, 5.41) is 11.3. The molecule has 0 unspecified atom stereocenters. The number of rotatable bonds is 4. The van der Waals surface area contributed by atoms with Crippen molar-refractivity contribution in [2.45, 2.75) is 13.5 Å². The van der Waals surface area contributed by atoms with Gasteiger partial charge in [-0.15, -0.1) is 10.2 Å². The normalized spacial score (nSPS) is 10.6. The number of anilines is 1. The van der Waals surface area contributed by atoms with Crippen molar-refractivity contribution in [3.05, 3.63) is 54.2 Å². The Morgan fingerprint density at radius 3 is 2.79 bits per heavy atom. The molecule has 0 radical (unpaired) electrons. The molecule has 19 heavy (non-hydrogen) atoms. The lowest BCUT2D eigenvalue weighted by Crippen LogP contribution is -2.01. The molecule has 0 atom stereocenters. The van der Waals surface area contributed by atoms with E-state index in [0.29, 0.717) is 11.8 Å². The fraction of sp³-hybridized carbons (Fsp3) is 0.143. The van der Waals surface area contributed by atoms with Crippen LogP contribution in [0.15, 0.2) is 47.0 Å². The molecular weight excluding hydrogens is 240 g/mol. The zero-order valence-corrected chi connectivity index (χ0v) is 10.6. The minimum atomic E-state index is 0.534. The van der Waals surface area contributed by atoms with E-state index in [-0.39, 0.29) is 0 Å². The molecule has 0 amide bonds. The van der Waals surface area contributed by atoms with Crippen molar-refractivity contribution in [3.8, 4) is 11.5 Å². The first kappa shape index (κ1) is 11.5. The lowest BCUT2D eigenvalue weighted by molar-refractivity contribution is 0.533. The van der Waals surface area contributed by atoms with Gasteiger partial charge in [0, 0.05) is 24.5 Å². The summed E-state index contributed by atoms with van der Waals surface area (Å²) in [6.07, 6.45) is 1.91. The maximum Gasteiger partial charge on any atom is 0.249 e. The highest BCUT2D eigenvalue weighted by Gasteiger charge is 2.10. The first-order valence-electron chi connectivity index (χ1n) is 6.08. The van der Waals surface area contributed by atoms with E-state index >= 15 is 0 Å². The van der Waals surface area contributed by atoms with Gasteiger partial charge in [-0.2, -0.15) is 0 Å². The molecule has 3 aromatic rings. The molecule has 2 heterocycles. The van der Waals surface area contributed by atoms with Crippen LogP contribution in [0, 0.1) is 6.92 Å². The van der Waals surface area contributed by atoms with Crippen LogP contribution in [0.5, 0.6) is 0 Å². The van der Waals surface area contributed by atoms with E-state index in [9.17, 15) is 0 Å². The second-order valence-electron chi connectivity index (χ2n) is 4.22. The van der Waals surface area contributed by atoms with Crippen LogP contribution in [0.3, 0.4) is 0 Å². The lowest BCUT2D eigenvalue weighted by Gasteiger charge is -2.08. The summed E-state index contributed by atoms with van der Waals surface area (Å²) in [5.74, 6) is 1.10. The highest BCUT2D eigenvalue weighted by atomic mass is 16.4. The molecule has 0 aliphatic rings. The maximum atomic E-state index is 5.48. The smallest absolute Gasteiger partial charge is 0.249 e. The van der Waals surface area contributed by atoms with Gasteiger partial charge >= 0.3 is 0 Å². The summed E-state index contributed by atoms with van der Waals surface area (Å²) >= 11 is 0. The zero-order valence-electron chi connectivity index (χ0n) is 10.6. The molecule has 1 aromatic carbocycles. The van der Waals surface area contributed by atoms with E-state index in [1.54, 1.807) is 6.92 Å². The Morgan fingerprint density at radius 1 is 1.16 bits per heavy atom. The fourth-order valence-corrected chi connectivity index (χ4v) is 1.90. The van der Waals surface area contributed by atoms with Crippen molar-refractivity contribution >= 4 is 5.69 Å². The monoisotopic (exact) mass is 254 g/mol. The molecule has 0 fully saturated rings. The molecule has 0 saturated carbocycles. The minimum absolute atomic E-state index is 0.534. The molecule has 0 saturated heterocycles. The van der Waals surface area contributed by atoms with Gasteiger partial charge in [0.05, 0.1) is 12.1 Å². The van der Waals surface area contributed by atoms with Gasteiger partial charge in [-0.05, 0) is 24.3 Å². The molecule has 0 aliphatic carbocycles. The summed E-state index contributed by atoms with van der Waals surface area (Å²) < 4.78 is 5.48. The summed E-state index contributed by atoms with van der Waals surface area (Å²) in [5.41, 5.74) is 3.01. The third-order valence-corrected chi connectivity index (χ3v) is 2.82. The molecule has 3 rings (SSSR count). The lowest BCUT2D eigenvalue weighted by atomic mass is 10.1. The van der Waals surface area contributed by atoms with Crippen LogP contribution in [0.2, 0.25) is 0 Å². The van der Waals surface area contributed by atoms with Crippen LogP contribution in [-0.2, 0) is 6.54 Å². The van der Waals surface area contributed by atoms with E-state index in [4.69, 9.17) is 4.42 Å². The van der Waals surface area contributed by atoms with Gasteiger partial charge in [0.25, 0.3) is 0 Å². The van der Waals surface area contributed by atoms with Crippen molar-refractivity contribution in [2.75, 3.05) is 5.32 Å². The van der Waals surface area contributed by atoms with E-state index in [0.717, 1.165) is 23.5 Å². The average Bonchev–Trinajstić information content (AvgIpc) is 3.08. The van der Waals surface area contributed by atoms with Crippen LogP contribution in [0.1, 0.15) is 11.6 Å². The number of nitrogens with zero attached hydrogens (tertiary/aromatic N) is 2. The number of H-pyrrole nitrogens is 1. The third-order valence-electron chi connectivity index (χ3n) is 2.82. The molecule has 0 aliphatic heterocycles. The number of aromatic amines is 1. The number of aryl methyl sites for hydroxylation is 1. The van der Waals surface area contributed by atoms with Crippen LogP contribution in [0.25, 0.3) is 11.5 Å². The highest BCUT2D eigenvalue weighted by Crippen LogP contribution is 2.26. The first-order valence-corrected chi connectivity index (χ1v) is 6.08. The molecule has 96 valence electrons. The number of nitrogens with one attached hydrogen (secondary N) is 2. The van der Waals surface area contributed by atoms with Gasteiger partial charge in [-0.3, -0.25) is 0 Å². The number of aromatic nitrogens is 3. The Labute approximate surface area is 110 Å². The summed E-state index contributed by atoms with van der Waals surface area (Å²) in [4.78, 5) is 3.16. The number of hydrogen-bond donors (Lipinski definition) is 2. The average molecular weight is 254 g/mol. The Morgan fingerprint density at radius 2 is 2.05 bits per heavy atom. The van der Waals surface area contributed by atoms with Crippen molar-refractivity contribution in [1.82, 2.24) is 15.2 Å². The SMILES string of the molecule is Cc1nnc(-c2ccccc2NCc2ccc[nH]2)o1. The summed E-state index contributed by atoms with van der Waals surface area (Å²) in [6.45, 7) is 2.50. The molecule has 5 heteroatoms. The molecular formula is C14H14N4O. The number of benzene rings is 1. The Bertz CT molecular complexity index is 658. The van der Waals surface area contributed by atoms with Gasteiger partial charge in [0.15, 0.2) is 0 Å². The van der Waals surface area contributed by atoms with Crippen molar-refractivity contribution < 1.29 is 4.42 Å². The molecule has 0 bridgehead atoms. The predicted molar refractivity (Wildman–Crippen MR) is 72.6 cm³/mol. The third kappa shape index (κ3) is 2.49. The van der Waals surface area contributed by atoms with Crippen molar-refractivity contribution in [1.29, 1.82) is 0 Å². The van der Waals surface area contributed by atoms with Gasteiger partial charge in [0.1, 0.15) is 0 Å². The predicted octanol–water partition coefficient (Wildman–Crippen LogP) is 2.99. The highest BCUT2D eigenvalue weighted by molar-refractivity contribution is 5.72. The van der Waals surface area contributed by atoms with Gasteiger partial charge in [-0.1, -0.05) is 12.1 Å². The van der Waals surface area contributed by atoms with Gasteiger partial charge in [-0.25, -0.2) is 0 Å². The molecule has 2 aromatic heterocycles. The van der Waals surface area contributed by atoms with E-state index in [1.807, 2.05) is 42.6 Å². The standard InChI is InChI=1S/C14H14N4O/c1-10-17-18-14(19-10)12-6-2-3-7-13(12)16-9-11-5-4-8-15-11/h2-8,15-16H,9H2,1H3. The zero-order chi connectivity index (χ0) is 13.1. The van der Waals surface area contributed by atoms with Crippen molar-refractivity contribution in [3.63, 3.8) is 0 Å². The fourth-order valence-electron chi connectivity index (χ4n) is 1.90. The second kappa shape index (κ2) is 4.97.